The molecule has 0 bridgehead atoms. The van der Waals surface area contributed by atoms with Gasteiger partial charge in [0, 0.05) is 24.5 Å². The van der Waals surface area contributed by atoms with Gasteiger partial charge in [-0.05, 0) is 49.2 Å². The lowest BCUT2D eigenvalue weighted by Gasteiger charge is -2.23. The van der Waals surface area contributed by atoms with E-state index in [-0.39, 0.29) is 11.9 Å². The molecule has 1 atom stereocenters. The number of aromatic nitrogens is 2. The number of carbonyl (C=O) groups is 1. The largest absolute Gasteiger partial charge is 0.467 e. The summed E-state index contributed by atoms with van der Waals surface area (Å²) in [4.78, 5) is 14.8. The molecular weight excluding hydrogens is 290 g/mol. The molecule has 3 aromatic rings. The molecule has 1 saturated heterocycles. The van der Waals surface area contributed by atoms with E-state index in [1.807, 2.05) is 53.6 Å². The van der Waals surface area contributed by atoms with Crippen molar-refractivity contribution < 1.29 is 9.21 Å². The van der Waals surface area contributed by atoms with E-state index in [1.54, 1.807) is 17.1 Å². The summed E-state index contributed by atoms with van der Waals surface area (Å²) in [6.45, 7) is 0.760. The molecule has 3 heterocycles. The van der Waals surface area contributed by atoms with Gasteiger partial charge in [-0.25, -0.2) is 4.68 Å². The maximum Gasteiger partial charge on any atom is 0.254 e. The molecule has 1 aromatic carbocycles. The highest BCUT2D eigenvalue weighted by Crippen LogP contribution is 2.33. The van der Waals surface area contributed by atoms with Crippen molar-refractivity contribution in [2.24, 2.45) is 0 Å². The van der Waals surface area contributed by atoms with E-state index in [0.29, 0.717) is 5.56 Å². The quantitative estimate of drug-likeness (QED) is 0.745. The van der Waals surface area contributed by atoms with Crippen molar-refractivity contribution in [1.82, 2.24) is 14.7 Å². The lowest BCUT2D eigenvalue weighted by Crippen LogP contribution is -2.30. The molecule has 2 aromatic heterocycles. The van der Waals surface area contributed by atoms with Crippen molar-refractivity contribution in [3.05, 3.63) is 72.4 Å². The molecule has 0 aliphatic carbocycles. The molecule has 116 valence electrons. The van der Waals surface area contributed by atoms with Crippen molar-refractivity contribution in [3.8, 4) is 5.69 Å². The van der Waals surface area contributed by atoms with E-state index in [2.05, 4.69) is 5.10 Å². The maximum atomic E-state index is 12.9. The summed E-state index contributed by atoms with van der Waals surface area (Å²) in [7, 11) is 0. The summed E-state index contributed by atoms with van der Waals surface area (Å²) in [5.41, 5.74) is 1.56. The number of benzene rings is 1. The smallest absolute Gasteiger partial charge is 0.254 e. The number of hydrogen-bond donors (Lipinski definition) is 0. The average Bonchev–Trinajstić information content (AvgIpc) is 3.35. The first-order valence-corrected chi connectivity index (χ1v) is 7.77. The monoisotopic (exact) mass is 307 g/mol. The van der Waals surface area contributed by atoms with E-state index < -0.39 is 0 Å². The maximum absolute atomic E-state index is 12.9. The van der Waals surface area contributed by atoms with Gasteiger partial charge in [0.25, 0.3) is 5.91 Å². The van der Waals surface area contributed by atoms with Crippen LogP contribution in [-0.2, 0) is 0 Å². The Morgan fingerprint density at radius 2 is 2.17 bits per heavy atom. The molecule has 0 saturated carbocycles. The standard InChI is InChI=1S/C18H17N3O2/c22-18(20-10-2-7-16(20)17-8-3-12-23-17)14-5-1-6-15(13-14)21-11-4-9-19-21/h1,3-6,8-9,11-13,16H,2,7,10H2. The van der Waals surface area contributed by atoms with Crippen LogP contribution in [0.5, 0.6) is 0 Å². The summed E-state index contributed by atoms with van der Waals surface area (Å²) >= 11 is 0. The third-order valence-corrected chi connectivity index (χ3v) is 4.25. The molecule has 5 heteroatoms. The first-order chi connectivity index (χ1) is 11.3. The van der Waals surface area contributed by atoms with Gasteiger partial charge in [0.15, 0.2) is 0 Å². The zero-order valence-electron chi connectivity index (χ0n) is 12.6. The summed E-state index contributed by atoms with van der Waals surface area (Å²) in [5, 5.41) is 4.22. The van der Waals surface area contributed by atoms with E-state index >= 15 is 0 Å². The fourth-order valence-electron chi connectivity index (χ4n) is 3.16. The van der Waals surface area contributed by atoms with Gasteiger partial charge in [-0.3, -0.25) is 4.79 Å². The normalized spacial score (nSPS) is 17.6. The Balaban J connectivity index is 1.63. The summed E-state index contributed by atoms with van der Waals surface area (Å²) < 4.78 is 7.26. The molecule has 5 nitrogen and oxygen atoms in total. The summed E-state index contributed by atoms with van der Waals surface area (Å²) in [6, 6.07) is 13.3. The third kappa shape index (κ3) is 2.54. The lowest BCUT2D eigenvalue weighted by molar-refractivity contribution is 0.0720. The highest BCUT2D eigenvalue weighted by Gasteiger charge is 2.32. The first kappa shape index (κ1) is 13.8. The van der Waals surface area contributed by atoms with Crippen LogP contribution in [-0.4, -0.2) is 27.1 Å². The van der Waals surface area contributed by atoms with Gasteiger partial charge in [0.05, 0.1) is 18.0 Å². The highest BCUT2D eigenvalue weighted by atomic mass is 16.3. The van der Waals surface area contributed by atoms with Gasteiger partial charge in [-0.2, -0.15) is 5.10 Å². The van der Waals surface area contributed by atoms with Crippen LogP contribution in [0.4, 0.5) is 0 Å². The predicted octanol–water partition coefficient (Wildman–Crippen LogP) is 3.44. The van der Waals surface area contributed by atoms with Crippen LogP contribution in [0.25, 0.3) is 5.69 Å². The number of carbonyl (C=O) groups excluding carboxylic acids is 1. The average molecular weight is 307 g/mol. The summed E-state index contributed by atoms with van der Waals surface area (Å²) in [6.07, 6.45) is 7.19. The van der Waals surface area contributed by atoms with Crippen LogP contribution in [0.1, 0.15) is 35.0 Å². The molecule has 23 heavy (non-hydrogen) atoms. The Bertz CT molecular complexity index is 794. The second-order valence-electron chi connectivity index (χ2n) is 5.67. The van der Waals surface area contributed by atoms with Gasteiger partial charge in [-0.15, -0.1) is 0 Å². The highest BCUT2D eigenvalue weighted by molar-refractivity contribution is 5.95. The van der Waals surface area contributed by atoms with Gasteiger partial charge >= 0.3 is 0 Å². The van der Waals surface area contributed by atoms with Crippen LogP contribution >= 0.6 is 0 Å². The van der Waals surface area contributed by atoms with Crippen molar-refractivity contribution in [3.63, 3.8) is 0 Å². The van der Waals surface area contributed by atoms with Crippen molar-refractivity contribution in [2.75, 3.05) is 6.54 Å². The number of amides is 1. The van der Waals surface area contributed by atoms with Crippen LogP contribution < -0.4 is 0 Å². The van der Waals surface area contributed by atoms with Crippen LogP contribution in [0.15, 0.2) is 65.5 Å². The fourth-order valence-corrected chi connectivity index (χ4v) is 3.16. The number of hydrogen-bond acceptors (Lipinski definition) is 3. The number of rotatable bonds is 3. The first-order valence-electron chi connectivity index (χ1n) is 7.77. The van der Waals surface area contributed by atoms with Gasteiger partial charge < -0.3 is 9.32 Å². The number of furan rings is 1. The molecule has 1 amide bonds. The van der Waals surface area contributed by atoms with E-state index in [4.69, 9.17) is 4.42 Å². The zero-order valence-corrected chi connectivity index (χ0v) is 12.6. The molecule has 0 N–H and O–H groups in total. The molecule has 1 aliphatic heterocycles. The Morgan fingerprint density at radius 3 is 2.96 bits per heavy atom. The van der Waals surface area contributed by atoms with Gasteiger partial charge in [0.2, 0.25) is 0 Å². The minimum Gasteiger partial charge on any atom is -0.467 e. The van der Waals surface area contributed by atoms with E-state index in [9.17, 15) is 4.79 Å². The zero-order chi connectivity index (χ0) is 15.6. The second-order valence-corrected chi connectivity index (χ2v) is 5.67. The summed E-state index contributed by atoms with van der Waals surface area (Å²) in [5.74, 6) is 0.900. The lowest BCUT2D eigenvalue weighted by atomic mass is 10.1. The van der Waals surface area contributed by atoms with Crippen LogP contribution in [0, 0.1) is 0 Å². The molecular formula is C18H17N3O2. The minimum atomic E-state index is 0.0332. The van der Waals surface area contributed by atoms with Crippen LogP contribution in [0.3, 0.4) is 0 Å². The molecule has 1 fully saturated rings. The topological polar surface area (TPSA) is 51.3 Å². The van der Waals surface area contributed by atoms with Crippen molar-refractivity contribution >= 4 is 5.91 Å². The van der Waals surface area contributed by atoms with E-state index in [0.717, 1.165) is 30.8 Å². The van der Waals surface area contributed by atoms with Crippen LogP contribution in [0.2, 0.25) is 0 Å². The molecule has 0 radical (unpaired) electrons. The van der Waals surface area contributed by atoms with Crippen molar-refractivity contribution in [1.29, 1.82) is 0 Å². The Labute approximate surface area is 134 Å². The Kier molecular flexibility index (Phi) is 3.46. The van der Waals surface area contributed by atoms with E-state index in [1.165, 1.54) is 0 Å². The number of nitrogens with zero attached hydrogens (tertiary/aromatic N) is 3. The van der Waals surface area contributed by atoms with Crippen molar-refractivity contribution in [2.45, 2.75) is 18.9 Å². The predicted molar refractivity (Wildman–Crippen MR) is 85.3 cm³/mol. The third-order valence-electron chi connectivity index (χ3n) is 4.25. The fraction of sp³-hybridized carbons (Fsp3) is 0.222. The SMILES string of the molecule is O=C(c1cccc(-n2cccn2)c1)N1CCCC1c1ccco1. The second kappa shape index (κ2) is 5.76. The van der Waals surface area contributed by atoms with Gasteiger partial charge in [0.1, 0.15) is 5.76 Å². The van der Waals surface area contributed by atoms with Gasteiger partial charge in [-0.1, -0.05) is 6.07 Å². The minimum absolute atomic E-state index is 0.0332. The Hall–Kier alpha value is -2.82. The number of likely N-dealkylation sites (tertiary alicyclic amines) is 1. The molecule has 0 spiro atoms. The molecule has 4 rings (SSSR count). The molecule has 1 aliphatic rings. The Morgan fingerprint density at radius 1 is 1.22 bits per heavy atom. The molecule has 1 unspecified atom stereocenters.